The molecule has 3 aromatic carbocycles. The molecule has 0 amide bonds. The Morgan fingerprint density at radius 2 is 1.02 bits per heavy atom. The molecule has 6 aromatic rings. The number of H-pyrrole nitrogens is 2. The molecule has 0 fully saturated rings. The number of aromatic nitrogens is 4. The van der Waals surface area contributed by atoms with Gasteiger partial charge in [0.15, 0.2) is 0 Å². The molecule has 6 heteroatoms. The van der Waals surface area contributed by atoms with Crippen LogP contribution in [0.25, 0.3) is 79.0 Å². The number of rotatable bonds is 1. The zero-order valence-corrected chi connectivity index (χ0v) is 24.2. The van der Waals surface area contributed by atoms with E-state index in [4.69, 9.17) is 9.97 Å². The summed E-state index contributed by atoms with van der Waals surface area (Å²) >= 11 is 7.45. The maximum atomic E-state index is 5.15. The molecule has 8 rings (SSSR count). The molecule has 0 saturated heterocycles. The largest absolute Gasteiger partial charge is 0.355 e. The van der Waals surface area contributed by atoms with Gasteiger partial charge in [0, 0.05) is 42.1 Å². The van der Waals surface area contributed by atoms with Gasteiger partial charge in [0.1, 0.15) is 0 Å². The average molecular weight is 644 g/mol. The summed E-state index contributed by atoms with van der Waals surface area (Å²) in [6.07, 6.45) is 8.28. The molecule has 0 radical (unpaired) electrons. The van der Waals surface area contributed by atoms with Gasteiger partial charge in [0.2, 0.25) is 0 Å². The van der Waals surface area contributed by atoms with Crippen molar-refractivity contribution in [3.63, 3.8) is 0 Å². The van der Waals surface area contributed by atoms with E-state index in [1.54, 1.807) is 0 Å². The lowest BCUT2D eigenvalue weighted by Crippen LogP contribution is -1.90. The van der Waals surface area contributed by atoms with Crippen molar-refractivity contribution in [2.24, 2.45) is 0 Å². The second kappa shape index (κ2) is 9.15. The maximum absolute atomic E-state index is 5.15. The zero-order valence-electron chi connectivity index (χ0n) is 21.0. The number of hydrogen-bond acceptors (Lipinski definition) is 2. The number of nitrogens with zero attached hydrogens (tertiary/aromatic N) is 2. The van der Waals surface area contributed by atoms with E-state index in [0.29, 0.717) is 0 Å². The van der Waals surface area contributed by atoms with E-state index >= 15 is 0 Å². The molecule has 8 bridgehead atoms. The minimum Gasteiger partial charge on any atom is -0.355 e. The van der Waals surface area contributed by atoms with E-state index < -0.39 is 0 Å². The van der Waals surface area contributed by atoms with E-state index in [0.717, 1.165) is 75.7 Å². The van der Waals surface area contributed by atoms with Gasteiger partial charge in [-0.2, -0.15) is 0 Å². The number of benzene rings is 3. The summed E-state index contributed by atoms with van der Waals surface area (Å²) in [6, 6.07) is 29.8. The lowest BCUT2D eigenvalue weighted by atomic mass is 9.91. The van der Waals surface area contributed by atoms with Crippen LogP contribution in [0.15, 0.2) is 93.9 Å². The summed E-state index contributed by atoms with van der Waals surface area (Å²) in [5, 5.41) is 4.66. The van der Waals surface area contributed by atoms with Crippen molar-refractivity contribution >= 4 is 99.8 Å². The summed E-state index contributed by atoms with van der Waals surface area (Å²) in [7, 11) is 0. The van der Waals surface area contributed by atoms with Crippen molar-refractivity contribution in [3.05, 3.63) is 117 Å². The third-order valence-corrected chi connectivity index (χ3v) is 8.34. The fraction of sp³-hybridized carbons (Fsp3) is 0. The van der Waals surface area contributed by atoms with Crippen molar-refractivity contribution in [1.82, 2.24) is 19.9 Å². The summed E-state index contributed by atoms with van der Waals surface area (Å²) in [5.74, 6) is 0. The van der Waals surface area contributed by atoms with Crippen LogP contribution in [0.5, 0.6) is 0 Å². The lowest BCUT2D eigenvalue weighted by Gasteiger charge is -2.14. The normalized spacial score (nSPS) is 12.6. The Hall–Kier alpha value is -4.26. The molecular weight excluding hydrogens is 624 g/mol. The standard InChI is InChI=1S/C34H20Br2N4/c35-21-3-1-19-13-20-2-4-22(36)15-30(20)33(29(19)14-21)34-31-11-9-27(39-31)17-25-7-5-23(37-25)16-24-6-8-26(38-24)18-28-10-12-32(34)40-28/h1-18,37,40H. The van der Waals surface area contributed by atoms with Crippen LogP contribution in [0.4, 0.5) is 0 Å². The monoisotopic (exact) mass is 642 g/mol. The maximum Gasteiger partial charge on any atom is 0.0737 e. The van der Waals surface area contributed by atoms with Gasteiger partial charge in [-0.25, -0.2) is 9.97 Å². The van der Waals surface area contributed by atoms with Crippen LogP contribution in [-0.2, 0) is 0 Å². The van der Waals surface area contributed by atoms with Crippen molar-refractivity contribution in [1.29, 1.82) is 0 Å². The number of halogens is 2. The van der Waals surface area contributed by atoms with E-state index in [9.17, 15) is 0 Å². The summed E-state index contributed by atoms with van der Waals surface area (Å²) in [6.45, 7) is 0. The highest BCUT2D eigenvalue weighted by Crippen LogP contribution is 2.42. The molecule has 0 saturated carbocycles. The fourth-order valence-electron chi connectivity index (χ4n) is 5.60. The summed E-state index contributed by atoms with van der Waals surface area (Å²) < 4.78 is 2.07. The third kappa shape index (κ3) is 4.12. The van der Waals surface area contributed by atoms with Gasteiger partial charge in [-0.05, 0) is 119 Å². The number of nitrogens with one attached hydrogen (secondary N) is 2. The molecule has 5 heterocycles. The Balaban J connectivity index is 1.57. The lowest BCUT2D eigenvalue weighted by molar-refractivity contribution is 1.31. The van der Waals surface area contributed by atoms with Gasteiger partial charge in [-0.1, -0.05) is 44.0 Å². The molecular formula is C34H20Br2N4. The van der Waals surface area contributed by atoms with Crippen LogP contribution in [0, 0.1) is 0 Å². The minimum atomic E-state index is 0.895. The molecule has 0 atom stereocenters. The second-order valence-corrected chi connectivity index (χ2v) is 11.9. The topological polar surface area (TPSA) is 57.4 Å². The van der Waals surface area contributed by atoms with E-state index in [-0.39, 0.29) is 0 Å². The Kier molecular flexibility index (Phi) is 5.40. The van der Waals surface area contributed by atoms with Gasteiger partial charge in [-0.3, -0.25) is 0 Å². The van der Waals surface area contributed by atoms with Crippen LogP contribution in [0.2, 0.25) is 0 Å². The first kappa shape index (κ1) is 23.6. The van der Waals surface area contributed by atoms with Crippen LogP contribution in [0.1, 0.15) is 22.8 Å². The second-order valence-electron chi connectivity index (χ2n) is 10.0. The third-order valence-electron chi connectivity index (χ3n) is 7.35. The van der Waals surface area contributed by atoms with Crippen molar-refractivity contribution in [3.8, 4) is 11.1 Å². The average Bonchev–Trinajstić information content (AvgIpc) is 3.75. The van der Waals surface area contributed by atoms with Crippen molar-refractivity contribution < 1.29 is 0 Å². The number of fused-ring (bicyclic) bond motifs is 10. The Bertz CT molecular complexity index is 2190. The molecule has 0 spiro atoms. The highest BCUT2D eigenvalue weighted by molar-refractivity contribution is 9.10. The molecule has 0 aliphatic carbocycles. The van der Waals surface area contributed by atoms with E-state index in [1.165, 1.54) is 10.8 Å². The van der Waals surface area contributed by atoms with Gasteiger partial charge in [0.25, 0.3) is 0 Å². The zero-order chi connectivity index (χ0) is 26.8. The molecule has 190 valence electrons. The Labute approximate surface area is 246 Å². The van der Waals surface area contributed by atoms with E-state index in [1.807, 2.05) is 12.2 Å². The van der Waals surface area contributed by atoms with Crippen LogP contribution in [0.3, 0.4) is 0 Å². The van der Waals surface area contributed by atoms with Gasteiger partial charge in [0.05, 0.1) is 22.8 Å². The predicted octanol–water partition coefficient (Wildman–Crippen LogP) is 10.2. The van der Waals surface area contributed by atoms with Crippen LogP contribution < -0.4 is 0 Å². The summed E-state index contributed by atoms with van der Waals surface area (Å²) in [5.41, 5.74) is 9.79. The molecule has 2 aliphatic heterocycles. The molecule has 2 N–H and O–H groups in total. The van der Waals surface area contributed by atoms with E-state index in [2.05, 4.69) is 139 Å². The van der Waals surface area contributed by atoms with Crippen molar-refractivity contribution in [2.45, 2.75) is 0 Å². The molecule has 40 heavy (non-hydrogen) atoms. The molecule has 2 aliphatic rings. The number of hydrogen-bond donors (Lipinski definition) is 2. The predicted molar refractivity (Wildman–Crippen MR) is 175 cm³/mol. The SMILES string of the molecule is Brc1ccc2cc3ccc(Br)cc3c(-c3c4nc(cc5ccc(cc6nc(cc7ccc3[nH]7)C=C6)[nH]5)C=C4)c2c1. The first-order valence-electron chi connectivity index (χ1n) is 13.0. The number of aromatic amines is 2. The highest BCUT2D eigenvalue weighted by atomic mass is 79.9. The Morgan fingerprint density at radius 3 is 1.68 bits per heavy atom. The molecule has 4 nitrogen and oxygen atoms in total. The highest BCUT2D eigenvalue weighted by Gasteiger charge is 2.17. The quantitative estimate of drug-likeness (QED) is 0.175. The molecule has 3 aromatic heterocycles. The van der Waals surface area contributed by atoms with Gasteiger partial charge in [-0.15, -0.1) is 0 Å². The first-order valence-corrected chi connectivity index (χ1v) is 14.5. The first-order chi connectivity index (χ1) is 19.6. The Morgan fingerprint density at radius 1 is 0.475 bits per heavy atom. The summed E-state index contributed by atoms with van der Waals surface area (Å²) in [4.78, 5) is 17.1. The van der Waals surface area contributed by atoms with Gasteiger partial charge >= 0.3 is 0 Å². The van der Waals surface area contributed by atoms with Crippen molar-refractivity contribution in [2.75, 3.05) is 0 Å². The van der Waals surface area contributed by atoms with Gasteiger partial charge < -0.3 is 9.97 Å². The minimum absolute atomic E-state index is 0.895. The fourth-order valence-corrected chi connectivity index (χ4v) is 6.32. The molecule has 0 unspecified atom stereocenters. The van der Waals surface area contributed by atoms with Crippen LogP contribution in [-0.4, -0.2) is 19.9 Å². The smallest absolute Gasteiger partial charge is 0.0737 e. The van der Waals surface area contributed by atoms with Crippen LogP contribution >= 0.6 is 31.9 Å².